The fraction of sp³-hybridized carbons (Fsp3) is 0.500. The van der Waals surface area contributed by atoms with Gasteiger partial charge in [-0.15, -0.1) is 5.10 Å². The summed E-state index contributed by atoms with van der Waals surface area (Å²) in [6.07, 6.45) is 4.67. The van der Waals surface area contributed by atoms with E-state index in [2.05, 4.69) is 15.3 Å². The molecule has 52 valence electrons. The van der Waals surface area contributed by atoms with Gasteiger partial charge in [0.05, 0.1) is 18.4 Å². The Labute approximate surface area is 58.6 Å². The molecule has 0 fully saturated rings. The first-order valence-corrected chi connectivity index (χ1v) is 3.32. The molecule has 1 aliphatic rings. The monoisotopic (exact) mass is 136 g/mol. The van der Waals surface area contributed by atoms with Gasteiger partial charge in [-0.25, -0.2) is 4.68 Å². The quantitative estimate of drug-likeness (QED) is 0.513. The van der Waals surface area contributed by atoms with Crippen LogP contribution in [-0.4, -0.2) is 21.2 Å². The van der Waals surface area contributed by atoms with Crippen LogP contribution in [0.2, 0.25) is 0 Å². The van der Waals surface area contributed by atoms with Crippen LogP contribution in [0, 0.1) is 0 Å². The minimum atomic E-state index is 0.729. The molecule has 2 rings (SSSR count). The van der Waals surface area contributed by atoms with Gasteiger partial charge in [0.25, 0.3) is 0 Å². The number of fused-ring (bicyclic) bond motifs is 1. The fourth-order valence-electron chi connectivity index (χ4n) is 1.02. The van der Waals surface area contributed by atoms with Crippen LogP contribution in [0.5, 0.6) is 0 Å². The van der Waals surface area contributed by atoms with E-state index in [-0.39, 0.29) is 0 Å². The number of aliphatic imine (C=N–C) groups is 1. The number of nitrogens with zero attached hydrogens (tertiary/aromatic N) is 4. The minimum Gasteiger partial charge on any atom is -0.291 e. The zero-order valence-electron chi connectivity index (χ0n) is 5.56. The Morgan fingerprint density at radius 2 is 2.50 bits per heavy atom. The lowest BCUT2D eigenvalue weighted by molar-refractivity contribution is 0.591. The summed E-state index contributed by atoms with van der Waals surface area (Å²) < 4.78 is 1.90. The SMILES string of the molecule is C1=NCc2cnnn2CC1. The van der Waals surface area contributed by atoms with Crippen LogP contribution in [0.3, 0.4) is 0 Å². The highest BCUT2D eigenvalue weighted by molar-refractivity contribution is 5.57. The molecule has 0 saturated carbocycles. The predicted octanol–water partition coefficient (Wildman–Crippen LogP) is 0.253. The second-order valence-corrected chi connectivity index (χ2v) is 2.26. The van der Waals surface area contributed by atoms with E-state index in [0.29, 0.717) is 0 Å². The van der Waals surface area contributed by atoms with Gasteiger partial charge >= 0.3 is 0 Å². The Morgan fingerprint density at radius 1 is 1.50 bits per heavy atom. The zero-order chi connectivity index (χ0) is 6.81. The van der Waals surface area contributed by atoms with Crippen molar-refractivity contribution in [3.63, 3.8) is 0 Å². The van der Waals surface area contributed by atoms with Crippen molar-refractivity contribution in [3.8, 4) is 0 Å². The highest BCUT2D eigenvalue weighted by Crippen LogP contribution is 2.02. The number of aromatic nitrogens is 3. The summed E-state index contributed by atoms with van der Waals surface area (Å²) in [5, 5.41) is 7.69. The van der Waals surface area contributed by atoms with E-state index in [0.717, 1.165) is 25.2 Å². The number of hydrogen-bond donors (Lipinski definition) is 0. The van der Waals surface area contributed by atoms with Crippen LogP contribution in [-0.2, 0) is 13.1 Å². The van der Waals surface area contributed by atoms with E-state index in [9.17, 15) is 0 Å². The smallest absolute Gasteiger partial charge is 0.0821 e. The third kappa shape index (κ3) is 0.814. The molecule has 4 heteroatoms. The molecular formula is C6H8N4. The van der Waals surface area contributed by atoms with Crippen molar-refractivity contribution < 1.29 is 0 Å². The summed E-state index contributed by atoms with van der Waals surface area (Å²) >= 11 is 0. The molecule has 4 nitrogen and oxygen atoms in total. The summed E-state index contributed by atoms with van der Waals surface area (Å²) in [7, 11) is 0. The maximum absolute atomic E-state index is 4.16. The first-order valence-electron chi connectivity index (χ1n) is 3.32. The molecule has 0 amide bonds. The van der Waals surface area contributed by atoms with Gasteiger partial charge in [0.2, 0.25) is 0 Å². The third-order valence-electron chi connectivity index (χ3n) is 1.55. The van der Waals surface area contributed by atoms with Crippen molar-refractivity contribution in [2.24, 2.45) is 4.99 Å². The van der Waals surface area contributed by atoms with Crippen LogP contribution >= 0.6 is 0 Å². The average molecular weight is 136 g/mol. The molecule has 10 heavy (non-hydrogen) atoms. The lowest BCUT2D eigenvalue weighted by atomic mass is 10.4. The summed E-state index contributed by atoms with van der Waals surface area (Å²) in [6.45, 7) is 1.64. The van der Waals surface area contributed by atoms with Crippen molar-refractivity contribution >= 4 is 6.21 Å². The van der Waals surface area contributed by atoms with Crippen LogP contribution in [0.25, 0.3) is 0 Å². The molecule has 0 unspecified atom stereocenters. The molecule has 0 aliphatic carbocycles. The molecular weight excluding hydrogens is 128 g/mol. The van der Waals surface area contributed by atoms with Gasteiger partial charge in [-0.1, -0.05) is 5.21 Å². The summed E-state index contributed by atoms with van der Waals surface area (Å²) in [5.74, 6) is 0. The Hall–Kier alpha value is -1.19. The molecule has 0 aromatic carbocycles. The molecule has 0 N–H and O–H groups in total. The van der Waals surface area contributed by atoms with Gasteiger partial charge in [0, 0.05) is 19.2 Å². The Balaban J connectivity index is 2.37. The molecule has 0 spiro atoms. The first kappa shape index (κ1) is 5.58. The normalized spacial score (nSPS) is 16.4. The van der Waals surface area contributed by atoms with Crippen LogP contribution < -0.4 is 0 Å². The molecule has 0 saturated heterocycles. The van der Waals surface area contributed by atoms with Gasteiger partial charge in [0.1, 0.15) is 0 Å². The first-order chi connectivity index (χ1) is 4.97. The highest BCUT2D eigenvalue weighted by Gasteiger charge is 2.03. The van der Waals surface area contributed by atoms with Crippen molar-refractivity contribution in [1.82, 2.24) is 15.0 Å². The van der Waals surface area contributed by atoms with E-state index in [1.165, 1.54) is 0 Å². The van der Waals surface area contributed by atoms with Gasteiger partial charge in [-0.3, -0.25) is 4.99 Å². The van der Waals surface area contributed by atoms with Crippen LogP contribution in [0.4, 0.5) is 0 Å². The topological polar surface area (TPSA) is 43.1 Å². The fourth-order valence-corrected chi connectivity index (χ4v) is 1.02. The van der Waals surface area contributed by atoms with Crippen molar-refractivity contribution in [2.75, 3.05) is 0 Å². The highest BCUT2D eigenvalue weighted by atomic mass is 15.4. The van der Waals surface area contributed by atoms with E-state index in [1.807, 2.05) is 10.9 Å². The lowest BCUT2D eigenvalue weighted by Gasteiger charge is -1.95. The predicted molar refractivity (Wildman–Crippen MR) is 36.8 cm³/mol. The molecule has 1 aliphatic heterocycles. The van der Waals surface area contributed by atoms with Gasteiger partial charge in [-0.2, -0.15) is 0 Å². The maximum Gasteiger partial charge on any atom is 0.0821 e. The van der Waals surface area contributed by atoms with Gasteiger partial charge in [0.15, 0.2) is 0 Å². The van der Waals surface area contributed by atoms with Crippen molar-refractivity contribution in [3.05, 3.63) is 11.9 Å². The summed E-state index contributed by atoms with van der Waals surface area (Å²) in [6, 6.07) is 0. The molecule has 1 aromatic heterocycles. The Morgan fingerprint density at radius 3 is 3.50 bits per heavy atom. The Kier molecular flexibility index (Phi) is 1.23. The second kappa shape index (κ2) is 2.21. The van der Waals surface area contributed by atoms with Gasteiger partial charge in [-0.05, 0) is 0 Å². The average Bonchev–Trinajstić information content (AvgIpc) is 2.28. The third-order valence-corrected chi connectivity index (χ3v) is 1.55. The number of aryl methyl sites for hydroxylation is 1. The maximum atomic E-state index is 4.16. The largest absolute Gasteiger partial charge is 0.291 e. The van der Waals surface area contributed by atoms with Crippen LogP contribution in [0.1, 0.15) is 12.1 Å². The molecule has 2 heterocycles. The summed E-state index contributed by atoms with van der Waals surface area (Å²) in [5.41, 5.74) is 1.11. The van der Waals surface area contributed by atoms with E-state index in [1.54, 1.807) is 6.20 Å². The second-order valence-electron chi connectivity index (χ2n) is 2.26. The van der Waals surface area contributed by atoms with Crippen molar-refractivity contribution in [2.45, 2.75) is 19.5 Å². The molecule has 1 aromatic rings. The number of hydrogen-bond acceptors (Lipinski definition) is 3. The van der Waals surface area contributed by atoms with E-state index >= 15 is 0 Å². The standard InChI is InChI=1S/C6H8N4/c1-2-7-4-6-5-8-9-10(6)3-1/h2,5H,1,3-4H2. The van der Waals surface area contributed by atoms with Gasteiger partial charge < -0.3 is 0 Å². The zero-order valence-corrected chi connectivity index (χ0v) is 5.56. The molecule has 0 bridgehead atoms. The summed E-state index contributed by atoms with van der Waals surface area (Å²) in [4.78, 5) is 4.16. The molecule has 0 radical (unpaired) electrons. The van der Waals surface area contributed by atoms with Crippen LogP contribution in [0.15, 0.2) is 11.2 Å². The van der Waals surface area contributed by atoms with E-state index in [4.69, 9.17) is 0 Å². The lowest BCUT2D eigenvalue weighted by Crippen LogP contribution is -2.02. The van der Waals surface area contributed by atoms with E-state index < -0.39 is 0 Å². The number of rotatable bonds is 0. The minimum absolute atomic E-state index is 0.729. The Bertz CT molecular complexity index is 250. The van der Waals surface area contributed by atoms with Crippen molar-refractivity contribution in [1.29, 1.82) is 0 Å². The molecule has 0 atom stereocenters.